The Morgan fingerprint density at radius 2 is 2.14 bits per heavy atom. The lowest BCUT2D eigenvalue weighted by Crippen LogP contribution is -2.10. The molecule has 0 saturated carbocycles. The van der Waals surface area contributed by atoms with Crippen LogP contribution in [0.15, 0.2) is 0 Å². The molecule has 0 spiro atoms. The second-order valence-electron chi connectivity index (χ2n) is 3.26. The van der Waals surface area contributed by atoms with Crippen LogP contribution in [0, 0.1) is 17.9 Å². The highest BCUT2D eigenvalue weighted by atomic mass is 16.5. The van der Waals surface area contributed by atoms with E-state index in [0.717, 1.165) is 12.8 Å². The van der Waals surface area contributed by atoms with Gasteiger partial charge < -0.3 is 9.84 Å². The van der Waals surface area contributed by atoms with Crippen LogP contribution in [0.1, 0.15) is 40.0 Å². The number of hydrogen-bond acceptors (Lipinski definition) is 2. The Balaban J connectivity index is 3.95. The third-order valence-electron chi connectivity index (χ3n) is 1.89. The van der Waals surface area contributed by atoms with Crippen molar-refractivity contribution < 1.29 is 14.6 Å². The van der Waals surface area contributed by atoms with E-state index in [9.17, 15) is 4.79 Å². The van der Waals surface area contributed by atoms with Gasteiger partial charge >= 0.3 is 5.97 Å². The molecule has 3 heteroatoms. The summed E-state index contributed by atoms with van der Waals surface area (Å²) in [5, 5.41) is 8.68. The van der Waals surface area contributed by atoms with Crippen LogP contribution in [0.5, 0.6) is 0 Å². The van der Waals surface area contributed by atoms with Gasteiger partial charge in [0.05, 0.1) is 0 Å². The fourth-order valence-corrected chi connectivity index (χ4v) is 1.01. The number of carbonyl (C=O) groups is 1. The molecule has 0 aliphatic heterocycles. The zero-order chi connectivity index (χ0) is 11.0. The molecule has 0 rings (SSSR count). The summed E-state index contributed by atoms with van der Waals surface area (Å²) in [6.45, 7) is 5.79. The highest BCUT2D eigenvalue weighted by Crippen LogP contribution is 2.02. The number of hydrogen-bond donors (Lipinski definition) is 1. The largest absolute Gasteiger partial charge is 0.480 e. The van der Waals surface area contributed by atoms with Crippen molar-refractivity contribution in [3.63, 3.8) is 0 Å². The van der Waals surface area contributed by atoms with E-state index in [1.807, 2.05) is 6.92 Å². The molecule has 2 atom stereocenters. The number of aliphatic carboxylic acids is 1. The molecule has 0 aromatic carbocycles. The number of ether oxygens (including phenoxy) is 1. The zero-order valence-electron chi connectivity index (χ0n) is 9.04. The van der Waals surface area contributed by atoms with Crippen molar-refractivity contribution in [1.82, 2.24) is 0 Å². The van der Waals surface area contributed by atoms with Crippen LogP contribution < -0.4 is 0 Å². The highest BCUT2D eigenvalue weighted by Gasteiger charge is 2.10. The van der Waals surface area contributed by atoms with Crippen LogP contribution in [0.4, 0.5) is 0 Å². The molecular weight excluding hydrogens is 180 g/mol. The topological polar surface area (TPSA) is 46.5 Å². The van der Waals surface area contributed by atoms with E-state index in [-0.39, 0.29) is 6.10 Å². The second-order valence-corrected chi connectivity index (χ2v) is 3.26. The summed E-state index contributed by atoms with van der Waals surface area (Å²) in [7, 11) is 0. The summed E-state index contributed by atoms with van der Waals surface area (Å²) in [6.07, 6.45) is 5.05. The van der Waals surface area contributed by atoms with Crippen LogP contribution in [0.3, 0.4) is 0 Å². The average Bonchev–Trinajstić information content (AvgIpc) is 2.12. The Morgan fingerprint density at radius 3 is 2.57 bits per heavy atom. The summed E-state index contributed by atoms with van der Waals surface area (Å²) < 4.78 is 5.14. The lowest BCUT2D eigenvalue weighted by molar-refractivity contribution is -0.139. The lowest BCUT2D eigenvalue weighted by Gasteiger charge is -2.06. The summed E-state index contributed by atoms with van der Waals surface area (Å²) in [6, 6.07) is 0. The van der Waals surface area contributed by atoms with E-state index in [1.54, 1.807) is 6.92 Å². The quantitative estimate of drug-likeness (QED) is 0.689. The normalized spacial score (nSPS) is 13.6. The van der Waals surface area contributed by atoms with Gasteiger partial charge in [0, 0.05) is 0 Å². The average molecular weight is 198 g/mol. The standard InChI is InChI=1S/C11H18O3/c1-4-6-9(3)14-8-7-10(5-2)11(12)13/h9-10H,4-6H2,1-3H3,(H,12,13). The first-order valence-corrected chi connectivity index (χ1v) is 5.00. The molecule has 3 nitrogen and oxygen atoms in total. The molecule has 0 aromatic rings. The minimum atomic E-state index is -0.883. The third kappa shape index (κ3) is 5.47. The summed E-state index contributed by atoms with van der Waals surface area (Å²) in [5.41, 5.74) is 0. The van der Waals surface area contributed by atoms with Gasteiger partial charge in [0.2, 0.25) is 0 Å². The van der Waals surface area contributed by atoms with Crippen molar-refractivity contribution in [3.8, 4) is 12.0 Å². The van der Waals surface area contributed by atoms with Gasteiger partial charge in [-0.05, 0) is 25.7 Å². The van der Waals surface area contributed by atoms with Gasteiger partial charge in [0.1, 0.15) is 18.1 Å². The SMILES string of the molecule is CCCC(C)OC#CC(CC)C(=O)O. The van der Waals surface area contributed by atoms with Crippen LogP contribution in [-0.4, -0.2) is 17.2 Å². The molecule has 0 fully saturated rings. The molecule has 1 N–H and O–H groups in total. The first-order valence-electron chi connectivity index (χ1n) is 5.00. The maximum absolute atomic E-state index is 10.6. The molecule has 80 valence electrons. The van der Waals surface area contributed by atoms with Gasteiger partial charge in [-0.1, -0.05) is 20.3 Å². The number of carboxylic acid groups (broad SMARTS) is 1. The first-order chi connectivity index (χ1) is 6.61. The molecule has 14 heavy (non-hydrogen) atoms. The third-order valence-corrected chi connectivity index (χ3v) is 1.89. The van der Waals surface area contributed by atoms with Crippen LogP contribution in [-0.2, 0) is 9.53 Å². The Kier molecular flexibility index (Phi) is 6.65. The van der Waals surface area contributed by atoms with Gasteiger partial charge in [0.25, 0.3) is 0 Å². The fraction of sp³-hybridized carbons (Fsp3) is 0.727. The van der Waals surface area contributed by atoms with Crippen molar-refractivity contribution in [2.45, 2.75) is 46.1 Å². The Hall–Kier alpha value is -1.17. The molecular formula is C11H18O3. The van der Waals surface area contributed by atoms with Crippen molar-refractivity contribution in [3.05, 3.63) is 0 Å². The van der Waals surface area contributed by atoms with E-state index < -0.39 is 11.9 Å². The zero-order valence-corrected chi connectivity index (χ0v) is 9.04. The number of carboxylic acids is 1. The molecule has 0 aliphatic carbocycles. The van der Waals surface area contributed by atoms with E-state index in [0.29, 0.717) is 6.42 Å². The molecule has 0 radical (unpaired) electrons. The van der Waals surface area contributed by atoms with Gasteiger partial charge in [-0.25, -0.2) is 0 Å². The van der Waals surface area contributed by atoms with Crippen LogP contribution >= 0.6 is 0 Å². The monoisotopic (exact) mass is 198 g/mol. The Morgan fingerprint density at radius 1 is 1.50 bits per heavy atom. The fourth-order valence-electron chi connectivity index (χ4n) is 1.01. The minimum Gasteiger partial charge on any atom is -0.480 e. The molecule has 0 bridgehead atoms. The van der Waals surface area contributed by atoms with Crippen molar-refractivity contribution in [2.24, 2.45) is 5.92 Å². The molecule has 0 aromatic heterocycles. The summed E-state index contributed by atoms with van der Waals surface area (Å²) in [5.74, 6) is 1.10. The van der Waals surface area contributed by atoms with Crippen molar-refractivity contribution in [1.29, 1.82) is 0 Å². The molecule has 0 saturated heterocycles. The first kappa shape index (κ1) is 12.8. The Labute approximate surface area is 85.5 Å². The summed E-state index contributed by atoms with van der Waals surface area (Å²) >= 11 is 0. The van der Waals surface area contributed by atoms with E-state index in [4.69, 9.17) is 9.84 Å². The maximum Gasteiger partial charge on any atom is 0.318 e. The van der Waals surface area contributed by atoms with E-state index >= 15 is 0 Å². The van der Waals surface area contributed by atoms with E-state index in [1.165, 1.54) is 0 Å². The second kappa shape index (κ2) is 7.25. The van der Waals surface area contributed by atoms with Crippen molar-refractivity contribution >= 4 is 5.97 Å². The minimum absolute atomic E-state index is 0.0822. The van der Waals surface area contributed by atoms with Gasteiger partial charge in [-0.2, -0.15) is 0 Å². The van der Waals surface area contributed by atoms with Crippen molar-refractivity contribution in [2.75, 3.05) is 0 Å². The summed E-state index contributed by atoms with van der Waals surface area (Å²) in [4.78, 5) is 10.6. The highest BCUT2D eigenvalue weighted by molar-refractivity contribution is 5.73. The molecule has 2 unspecified atom stereocenters. The van der Waals surface area contributed by atoms with Crippen LogP contribution in [0.2, 0.25) is 0 Å². The predicted molar refractivity (Wildman–Crippen MR) is 54.6 cm³/mol. The lowest BCUT2D eigenvalue weighted by atomic mass is 10.1. The smallest absolute Gasteiger partial charge is 0.318 e. The van der Waals surface area contributed by atoms with Gasteiger partial charge in [-0.3, -0.25) is 4.79 Å². The van der Waals surface area contributed by atoms with E-state index in [2.05, 4.69) is 19.0 Å². The molecule has 0 heterocycles. The molecule has 0 aliphatic rings. The maximum atomic E-state index is 10.6. The van der Waals surface area contributed by atoms with Gasteiger partial charge in [-0.15, -0.1) is 0 Å². The Bertz CT molecular complexity index is 224. The van der Waals surface area contributed by atoms with Gasteiger partial charge in [0.15, 0.2) is 0 Å². The predicted octanol–water partition coefficient (Wildman–Crippen LogP) is 2.26. The number of rotatable bonds is 5. The van der Waals surface area contributed by atoms with Crippen LogP contribution in [0.25, 0.3) is 0 Å². The molecule has 0 amide bonds.